The van der Waals surface area contributed by atoms with Crippen LogP contribution < -0.4 is 5.73 Å². The first-order valence-electron chi connectivity index (χ1n) is 3.94. The van der Waals surface area contributed by atoms with Crippen molar-refractivity contribution in [1.82, 2.24) is 0 Å². The van der Waals surface area contributed by atoms with Gasteiger partial charge in [-0.15, -0.1) is 12.4 Å². The van der Waals surface area contributed by atoms with Gasteiger partial charge in [-0.1, -0.05) is 11.6 Å². The van der Waals surface area contributed by atoms with E-state index in [0.717, 1.165) is 12.1 Å². The van der Waals surface area contributed by atoms with Gasteiger partial charge in [-0.05, 0) is 30.7 Å². The molecule has 0 amide bonds. The Morgan fingerprint density at radius 3 is 2.20 bits per heavy atom. The zero-order chi connectivity index (χ0) is 10.9. The zero-order valence-electron chi connectivity index (χ0n) is 7.81. The van der Waals surface area contributed by atoms with Crippen molar-refractivity contribution in [2.45, 2.75) is 19.1 Å². The molecule has 6 heteroatoms. The SMILES string of the molecule is CC(N)c1cc(Cl)cc(C(F)(F)F)c1.Cl. The number of hydrogen-bond donors (Lipinski definition) is 1. The van der Waals surface area contributed by atoms with Crippen LogP contribution in [0.15, 0.2) is 18.2 Å². The van der Waals surface area contributed by atoms with E-state index >= 15 is 0 Å². The highest BCUT2D eigenvalue weighted by atomic mass is 35.5. The molecule has 1 aromatic carbocycles. The van der Waals surface area contributed by atoms with Crippen LogP contribution in [0.2, 0.25) is 5.02 Å². The monoisotopic (exact) mass is 259 g/mol. The fourth-order valence-electron chi connectivity index (χ4n) is 1.04. The molecular formula is C9H10Cl2F3N. The van der Waals surface area contributed by atoms with E-state index in [4.69, 9.17) is 17.3 Å². The van der Waals surface area contributed by atoms with Crippen LogP contribution in [-0.2, 0) is 6.18 Å². The van der Waals surface area contributed by atoms with E-state index in [-0.39, 0.29) is 17.4 Å². The van der Waals surface area contributed by atoms with Crippen molar-refractivity contribution in [3.63, 3.8) is 0 Å². The fourth-order valence-corrected chi connectivity index (χ4v) is 1.28. The van der Waals surface area contributed by atoms with E-state index < -0.39 is 17.8 Å². The van der Waals surface area contributed by atoms with Crippen LogP contribution in [0.1, 0.15) is 24.1 Å². The summed E-state index contributed by atoms with van der Waals surface area (Å²) in [6, 6.07) is 2.86. The Balaban J connectivity index is 0.00000196. The van der Waals surface area contributed by atoms with E-state index in [2.05, 4.69) is 0 Å². The molecule has 0 aliphatic rings. The molecule has 0 radical (unpaired) electrons. The molecule has 15 heavy (non-hydrogen) atoms. The first-order chi connectivity index (χ1) is 6.30. The Kier molecular flexibility index (Phi) is 4.90. The average Bonchev–Trinajstić information content (AvgIpc) is 2.01. The average molecular weight is 260 g/mol. The summed E-state index contributed by atoms with van der Waals surface area (Å²) in [6.45, 7) is 1.60. The van der Waals surface area contributed by atoms with Gasteiger partial charge in [0.1, 0.15) is 0 Å². The summed E-state index contributed by atoms with van der Waals surface area (Å²) >= 11 is 5.54. The quantitative estimate of drug-likeness (QED) is 0.816. The molecule has 86 valence electrons. The third-order valence-corrected chi connectivity index (χ3v) is 1.99. The lowest BCUT2D eigenvalue weighted by Crippen LogP contribution is -2.09. The van der Waals surface area contributed by atoms with Crippen LogP contribution in [-0.4, -0.2) is 0 Å². The molecule has 0 saturated carbocycles. The Labute approximate surface area is 96.8 Å². The Morgan fingerprint density at radius 2 is 1.80 bits per heavy atom. The van der Waals surface area contributed by atoms with E-state index in [1.165, 1.54) is 6.07 Å². The van der Waals surface area contributed by atoms with Crippen LogP contribution >= 0.6 is 24.0 Å². The van der Waals surface area contributed by atoms with Gasteiger partial charge in [-0.3, -0.25) is 0 Å². The Morgan fingerprint density at radius 1 is 1.27 bits per heavy atom. The standard InChI is InChI=1S/C9H9ClF3N.ClH/c1-5(14)6-2-7(9(11,12)13)4-8(10)3-6;/h2-5H,14H2,1H3;1H. The maximum absolute atomic E-state index is 12.3. The van der Waals surface area contributed by atoms with Crippen molar-refractivity contribution in [2.75, 3.05) is 0 Å². The van der Waals surface area contributed by atoms with Crippen LogP contribution in [0.25, 0.3) is 0 Å². The van der Waals surface area contributed by atoms with Gasteiger partial charge in [0.25, 0.3) is 0 Å². The molecule has 1 unspecified atom stereocenters. The predicted octanol–water partition coefficient (Wildman–Crippen LogP) is 3.80. The highest BCUT2D eigenvalue weighted by molar-refractivity contribution is 6.30. The summed E-state index contributed by atoms with van der Waals surface area (Å²) in [4.78, 5) is 0. The molecule has 0 bridgehead atoms. The van der Waals surface area contributed by atoms with Crippen LogP contribution in [0.3, 0.4) is 0 Å². The van der Waals surface area contributed by atoms with E-state index in [1.807, 2.05) is 0 Å². The first kappa shape index (κ1) is 14.6. The Hall–Kier alpha value is -0.450. The van der Waals surface area contributed by atoms with Crippen LogP contribution in [0, 0.1) is 0 Å². The lowest BCUT2D eigenvalue weighted by atomic mass is 10.1. The van der Waals surface area contributed by atoms with Gasteiger partial charge >= 0.3 is 6.18 Å². The lowest BCUT2D eigenvalue weighted by Gasteiger charge is -2.11. The van der Waals surface area contributed by atoms with E-state index in [1.54, 1.807) is 6.92 Å². The molecule has 0 fully saturated rings. The number of nitrogens with two attached hydrogens (primary N) is 1. The smallest absolute Gasteiger partial charge is 0.324 e. The summed E-state index contributed by atoms with van der Waals surface area (Å²) in [5, 5.41) is 0.0483. The third kappa shape index (κ3) is 3.89. The lowest BCUT2D eigenvalue weighted by molar-refractivity contribution is -0.137. The van der Waals surface area contributed by atoms with Crippen molar-refractivity contribution in [3.8, 4) is 0 Å². The summed E-state index contributed by atoms with van der Waals surface area (Å²) in [7, 11) is 0. The molecule has 0 saturated heterocycles. The van der Waals surface area contributed by atoms with Crippen molar-refractivity contribution in [1.29, 1.82) is 0 Å². The summed E-state index contributed by atoms with van der Waals surface area (Å²) in [5.74, 6) is 0. The summed E-state index contributed by atoms with van der Waals surface area (Å²) in [5.41, 5.74) is 5.08. The van der Waals surface area contributed by atoms with Gasteiger partial charge < -0.3 is 5.73 Å². The molecule has 1 aromatic rings. The minimum absolute atomic E-state index is 0. The van der Waals surface area contributed by atoms with Gasteiger partial charge in [0.05, 0.1) is 5.56 Å². The second-order valence-corrected chi connectivity index (χ2v) is 3.50. The zero-order valence-corrected chi connectivity index (χ0v) is 9.38. The normalized spacial score (nSPS) is 13.2. The number of halogens is 5. The highest BCUT2D eigenvalue weighted by Gasteiger charge is 2.31. The molecule has 1 nitrogen and oxygen atoms in total. The fraction of sp³-hybridized carbons (Fsp3) is 0.333. The molecule has 1 atom stereocenters. The van der Waals surface area contributed by atoms with Gasteiger partial charge in [0, 0.05) is 11.1 Å². The van der Waals surface area contributed by atoms with E-state index in [0.29, 0.717) is 5.56 Å². The topological polar surface area (TPSA) is 26.0 Å². The molecule has 1 rings (SSSR count). The van der Waals surface area contributed by atoms with Crippen molar-refractivity contribution < 1.29 is 13.2 Å². The summed E-state index contributed by atoms with van der Waals surface area (Å²) < 4.78 is 36.9. The highest BCUT2D eigenvalue weighted by Crippen LogP contribution is 2.32. The maximum atomic E-state index is 12.3. The first-order valence-corrected chi connectivity index (χ1v) is 4.32. The van der Waals surface area contributed by atoms with E-state index in [9.17, 15) is 13.2 Å². The van der Waals surface area contributed by atoms with Crippen molar-refractivity contribution in [2.24, 2.45) is 5.73 Å². The van der Waals surface area contributed by atoms with Gasteiger partial charge in [-0.25, -0.2) is 0 Å². The molecule has 0 aliphatic carbocycles. The molecule has 0 spiro atoms. The minimum Gasteiger partial charge on any atom is -0.324 e. The second-order valence-electron chi connectivity index (χ2n) is 3.06. The number of alkyl halides is 3. The molecule has 0 aromatic heterocycles. The molecule has 0 heterocycles. The predicted molar refractivity (Wildman–Crippen MR) is 56.3 cm³/mol. The van der Waals surface area contributed by atoms with Crippen molar-refractivity contribution in [3.05, 3.63) is 34.3 Å². The van der Waals surface area contributed by atoms with Crippen LogP contribution in [0.4, 0.5) is 13.2 Å². The Bertz CT molecular complexity index is 337. The number of rotatable bonds is 1. The molecular weight excluding hydrogens is 250 g/mol. The number of benzene rings is 1. The third-order valence-electron chi connectivity index (χ3n) is 1.77. The number of hydrogen-bond acceptors (Lipinski definition) is 1. The van der Waals surface area contributed by atoms with Gasteiger partial charge in [0.2, 0.25) is 0 Å². The minimum atomic E-state index is -4.38. The summed E-state index contributed by atoms with van der Waals surface area (Å²) in [6.07, 6.45) is -4.38. The second kappa shape index (κ2) is 5.05. The largest absolute Gasteiger partial charge is 0.416 e. The van der Waals surface area contributed by atoms with Crippen molar-refractivity contribution >= 4 is 24.0 Å². The van der Waals surface area contributed by atoms with Gasteiger partial charge in [0.15, 0.2) is 0 Å². The molecule has 0 aliphatic heterocycles. The van der Waals surface area contributed by atoms with Gasteiger partial charge in [-0.2, -0.15) is 13.2 Å². The van der Waals surface area contributed by atoms with Crippen LogP contribution in [0.5, 0.6) is 0 Å². The molecule has 2 N–H and O–H groups in total. The maximum Gasteiger partial charge on any atom is 0.416 e.